The fourth-order valence-electron chi connectivity index (χ4n) is 4.77. The van der Waals surface area contributed by atoms with Gasteiger partial charge in [0.2, 0.25) is 5.91 Å². The Morgan fingerprint density at radius 3 is 2.58 bits per heavy atom. The van der Waals surface area contributed by atoms with Crippen molar-refractivity contribution in [3.63, 3.8) is 0 Å². The topological polar surface area (TPSA) is 40.5 Å². The summed E-state index contributed by atoms with van der Waals surface area (Å²) in [6.07, 6.45) is 5.40. The van der Waals surface area contributed by atoms with Crippen LogP contribution in [0.5, 0.6) is 0 Å². The van der Waals surface area contributed by atoms with E-state index < -0.39 is 5.41 Å². The van der Waals surface area contributed by atoms with Crippen LogP contribution in [0.3, 0.4) is 0 Å². The maximum Gasteiger partial charge on any atom is 0.238 e. The number of carbonyl (C=O) groups is 1. The Balaban J connectivity index is 1.83. The molecule has 4 heteroatoms. The van der Waals surface area contributed by atoms with Gasteiger partial charge in [-0.25, -0.2) is 4.39 Å². The van der Waals surface area contributed by atoms with Gasteiger partial charge in [0.25, 0.3) is 0 Å². The first-order valence-electron chi connectivity index (χ1n) is 9.47. The minimum atomic E-state index is -0.449. The van der Waals surface area contributed by atoms with Crippen molar-refractivity contribution in [1.29, 1.82) is 0 Å². The highest BCUT2D eigenvalue weighted by molar-refractivity contribution is 6.08. The Labute approximate surface area is 153 Å². The van der Waals surface area contributed by atoms with Crippen LogP contribution in [0.1, 0.15) is 55.7 Å². The number of hydrogen-bond acceptors (Lipinski definition) is 2. The molecule has 0 aromatic heterocycles. The molecule has 3 nitrogen and oxygen atoms in total. The van der Waals surface area contributed by atoms with E-state index >= 15 is 0 Å². The van der Waals surface area contributed by atoms with Crippen molar-refractivity contribution >= 4 is 11.6 Å². The molecule has 26 heavy (non-hydrogen) atoms. The molecule has 0 unspecified atom stereocenters. The van der Waals surface area contributed by atoms with E-state index in [-0.39, 0.29) is 24.4 Å². The average Bonchev–Trinajstić information content (AvgIpc) is 2.89. The highest BCUT2D eigenvalue weighted by Crippen LogP contribution is 2.52. The largest absolute Gasteiger partial charge is 0.396 e. The number of aliphatic hydroxyl groups excluding tert-OH is 1. The zero-order chi connectivity index (χ0) is 18.1. The van der Waals surface area contributed by atoms with Crippen LogP contribution in [0.15, 0.2) is 48.5 Å². The van der Waals surface area contributed by atoms with Gasteiger partial charge in [0.05, 0.1) is 11.5 Å². The van der Waals surface area contributed by atoms with Crippen molar-refractivity contribution in [2.75, 3.05) is 11.5 Å². The summed E-state index contributed by atoms with van der Waals surface area (Å²) in [5.41, 5.74) is 2.30. The van der Waals surface area contributed by atoms with E-state index in [0.29, 0.717) is 6.42 Å². The quantitative estimate of drug-likeness (QED) is 0.879. The first-order valence-corrected chi connectivity index (χ1v) is 9.47. The molecule has 1 heterocycles. The molecule has 0 bridgehead atoms. The Bertz CT molecular complexity index is 813. The summed E-state index contributed by atoms with van der Waals surface area (Å²) < 4.78 is 13.8. The number of para-hydroxylation sites is 1. The number of amides is 1. The van der Waals surface area contributed by atoms with Crippen molar-refractivity contribution in [1.82, 2.24) is 0 Å². The lowest BCUT2D eigenvalue weighted by molar-refractivity contribution is -0.124. The molecule has 1 spiro atoms. The van der Waals surface area contributed by atoms with E-state index in [0.717, 1.165) is 42.5 Å². The monoisotopic (exact) mass is 353 g/mol. The molecular weight excluding hydrogens is 329 g/mol. The lowest BCUT2D eigenvalue weighted by Crippen LogP contribution is -2.43. The van der Waals surface area contributed by atoms with Crippen LogP contribution in [0, 0.1) is 5.82 Å². The van der Waals surface area contributed by atoms with E-state index in [1.807, 2.05) is 29.2 Å². The van der Waals surface area contributed by atoms with Gasteiger partial charge in [-0.3, -0.25) is 4.79 Å². The number of aliphatic hydroxyl groups is 1. The van der Waals surface area contributed by atoms with Gasteiger partial charge < -0.3 is 10.0 Å². The van der Waals surface area contributed by atoms with E-state index in [4.69, 9.17) is 0 Å². The molecule has 1 fully saturated rings. The standard InChI is InChI=1S/C22H24FNO2/c23-17-8-6-7-16(15-17)19(11-14-25)24-20-10-3-2-9-18(20)22(21(24)26)12-4-1-5-13-22/h2-3,6-10,15,19,25H,1,4-5,11-14H2/t19-/m0/s1. The smallest absolute Gasteiger partial charge is 0.238 e. The highest BCUT2D eigenvalue weighted by Gasteiger charge is 2.52. The summed E-state index contributed by atoms with van der Waals surface area (Å²) in [5.74, 6) is -0.209. The molecule has 0 radical (unpaired) electrons. The number of rotatable bonds is 4. The SMILES string of the molecule is O=C1N([C@@H](CCO)c2cccc(F)c2)c2ccccc2C12CCCCC2. The van der Waals surface area contributed by atoms with E-state index in [1.165, 1.54) is 18.6 Å². The zero-order valence-electron chi connectivity index (χ0n) is 14.8. The lowest BCUT2D eigenvalue weighted by atomic mass is 9.70. The van der Waals surface area contributed by atoms with Gasteiger partial charge in [-0.05, 0) is 48.6 Å². The van der Waals surface area contributed by atoms with Crippen LogP contribution in [-0.2, 0) is 10.2 Å². The molecule has 136 valence electrons. The maximum absolute atomic E-state index is 13.8. The van der Waals surface area contributed by atoms with Gasteiger partial charge in [-0.2, -0.15) is 0 Å². The fourth-order valence-corrected chi connectivity index (χ4v) is 4.77. The summed E-state index contributed by atoms with van der Waals surface area (Å²) in [6.45, 7) is -0.0554. The van der Waals surface area contributed by atoms with Crippen LogP contribution < -0.4 is 4.90 Å². The predicted molar refractivity (Wildman–Crippen MR) is 99.5 cm³/mol. The second-order valence-corrected chi connectivity index (χ2v) is 7.42. The van der Waals surface area contributed by atoms with Gasteiger partial charge >= 0.3 is 0 Å². The van der Waals surface area contributed by atoms with Crippen LogP contribution in [0.4, 0.5) is 10.1 Å². The Kier molecular flexibility index (Phi) is 4.53. The number of fused-ring (bicyclic) bond motifs is 2. The molecule has 2 aliphatic rings. The second kappa shape index (κ2) is 6.84. The summed E-state index contributed by atoms with van der Waals surface area (Å²) in [4.78, 5) is 15.5. The number of carbonyl (C=O) groups excluding carboxylic acids is 1. The number of nitrogens with zero attached hydrogens (tertiary/aromatic N) is 1. The van der Waals surface area contributed by atoms with Crippen LogP contribution >= 0.6 is 0 Å². The van der Waals surface area contributed by atoms with E-state index in [9.17, 15) is 14.3 Å². The molecule has 0 saturated heterocycles. The van der Waals surface area contributed by atoms with Crippen molar-refractivity contribution in [2.24, 2.45) is 0 Å². The number of benzene rings is 2. The Morgan fingerprint density at radius 2 is 1.85 bits per heavy atom. The van der Waals surface area contributed by atoms with Gasteiger partial charge in [0.1, 0.15) is 5.82 Å². The van der Waals surface area contributed by atoms with Gasteiger partial charge in [-0.1, -0.05) is 49.6 Å². The molecule has 1 atom stereocenters. The van der Waals surface area contributed by atoms with Crippen molar-refractivity contribution in [3.8, 4) is 0 Å². The number of hydrogen-bond donors (Lipinski definition) is 1. The zero-order valence-corrected chi connectivity index (χ0v) is 14.8. The summed E-state index contributed by atoms with van der Waals surface area (Å²) in [5, 5.41) is 9.63. The molecule has 1 aliphatic carbocycles. The van der Waals surface area contributed by atoms with Crippen LogP contribution in [0.2, 0.25) is 0 Å². The molecular formula is C22H24FNO2. The Morgan fingerprint density at radius 1 is 1.08 bits per heavy atom. The predicted octanol–water partition coefficient (Wildman–Crippen LogP) is 4.50. The summed E-state index contributed by atoms with van der Waals surface area (Å²) >= 11 is 0. The Hall–Kier alpha value is -2.20. The fraction of sp³-hybridized carbons (Fsp3) is 0.409. The van der Waals surface area contributed by atoms with Crippen molar-refractivity contribution in [3.05, 3.63) is 65.5 Å². The summed E-state index contributed by atoms with van der Waals surface area (Å²) in [7, 11) is 0. The third-order valence-corrected chi connectivity index (χ3v) is 5.96. The minimum absolute atomic E-state index is 0.0554. The third kappa shape index (κ3) is 2.64. The summed E-state index contributed by atoms with van der Waals surface area (Å²) in [6, 6.07) is 14.0. The van der Waals surface area contributed by atoms with Gasteiger partial charge in [0.15, 0.2) is 0 Å². The first kappa shape index (κ1) is 17.2. The van der Waals surface area contributed by atoms with Crippen molar-refractivity contribution in [2.45, 2.75) is 50.0 Å². The highest BCUT2D eigenvalue weighted by atomic mass is 19.1. The molecule has 2 aromatic carbocycles. The minimum Gasteiger partial charge on any atom is -0.396 e. The van der Waals surface area contributed by atoms with Gasteiger partial charge in [0, 0.05) is 12.3 Å². The van der Waals surface area contributed by atoms with Crippen molar-refractivity contribution < 1.29 is 14.3 Å². The molecule has 1 N–H and O–H groups in total. The maximum atomic E-state index is 13.8. The lowest BCUT2D eigenvalue weighted by Gasteiger charge is -2.34. The van der Waals surface area contributed by atoms with E-state index in [1.54, 1.807) is 6.07 Å². The van der Waals surface area contributed by atoms with Gasteiger partial charge in [-0.15, -0.1) is 0 Å². The molecule has 1 amide bonds. The molecule has 1 saturated carbocycles. The van der Waals surface area contributed by atoms with Crippen LogP contribution in [-0.4, -0.2) is 17.6 Å². The normalized spacial score (nSPS) is 19.6. The molecule has 2 aromatic rings. The first-order chi connectivity index (χ1) is 12.7. The molecule has 4 rings (SSSR count). The second-order valence-electron chi connectivity index (χ2n) is 7.42. The van der Waals surface area contributed by atoms with Crippen LogP contribution in [0.25, 0.3) is 0 Å². The molecule has 1 aliphatic heterocycles. The third-order valence-electron chi connectivity index (χ3n) is 5.96. The number of anilines is 1. The van der Waals surface area contributed by atoms with E-state index in [2.05, 4.69) is 6.07 Å². The average molecular weight is 353 g/mol. The number of halogens is 1.